The molecule has 1 unspecified atom stereocenters. The third kappa shape index (κ3) is 2.54. The van der Waals surface area contributed by atoms with Gasteiger partial charge in [-0.3, -0.25) is 9.59 Å². The summed E-state index contributed by atoms with van der Waals surface area (Å²) in [6.45, 7) is -0.485. The minimum atomic E-state index is -2.07. The van der Waals surface area contributed by atoms with Gasteiger partial charge < -0.3 is 30.3 Å². The van der Waals surface area contributed by atoms with Gasteiger partial charge in [-0.05, 0) is 18.2 Å². The molecule has 2 aromatic carbocycles. The average Bonchev–Trinajstić information content (AvgIpc) is 3.02. The van der Waals surface area contributed by atoms with Crippen molar-refractivity contribution < 1.29 is 28.3 Å². The Morgan fingerprint density at radius 2 is 1.79 bits per heavy atom. The van der Waals surface area contributed by atoms with Crippen molar-refractivity contribution in [3.63, 3.8) is 0 Å². The molecule has 1 atom stereocenters. The number of carbonyl (C=O) groups excluding carboxylic acids is 3. The van der Waals surface area contributed by atoms with Crippen LogP contribution in [0.3, 0.4) is 0 Å². The maximum Gasteiger partial charge on any atom is 0.345 e. The molecule has 4 N–H and O–H groups in total. The van der Waals surface area contributed by atoms with Gasteiger partial charge in [0.1, 0.15) is 28.7 Å². The van der Waals surface area contributed by atoms with Crippen molar-refractivity contribution in [2.75, 3.05) is 18.6 Å². The van der Waals surface area contributed by atoms with E-state index >= 15 is 0 Å². The molecule has 1 spiro atoms. The van der Waals surface area contributed by atoms with Crippen molar-refractivity contribution in [1.29, 1.82) is 0 Å². The van der Waals surface area contributed by atoms with E-state index in [9.17, 15) is 19.2 Å². The van der Waals surface area contributed by atoms with E-state index in [1.54, 1.807) is 48.5 Å². The number of hydrogen-bond donors (Lipinski definition) is 2. The first kappa shape index (κ1) is 20.3. The number of rotatable bonds is 3. The molecule has 10 heteroatoms. The van der Waals surface area contributed by atoms with E-state index in [-0.39, 0.29) is 33.7 Å². The quantitative estimate of drug-likeness (QED) is 0.438. The second-order valence-electron chi connectivity index (χ2n) is 7.55. The van der Waals surface area contributed by atoms with E-state index in [0.717, 1.165) is 12.0 Å². The number of nitrogens with zero attached hydrogens (tertiary/aromatic N) is 1. The van der Waals surface area contributed by atoms with Gasteiger partial charge in [-0.2, -0.15) is 0 Å². The van der Waals surface area contributed by atoms with Gasteiger partial charge in [-0.15, -0.1) is 0 Å². The summed E-state index contributed by atoms with van der Waals surface area (Å²) >= 11 is 0. The number of ether oxygens (including phenoxy) is 2. The van der Waals surface area contributed by atoms with Crippen molar-refractivity contribution in [3.05, 3.63) is 81.5 Å². The molecule has 166 valence electrons. The standard InChI is InChI=1S/C23H17N3O7/c1-31-20(28)17-19(25)33-18-11-6-2-5-9-14(11)32-21(29)16(18)23(17)12-7-3-4-8-13(12)26(22(23)30)10-15(24)27/h2-9H,10,25H2,1H3,(H2,24,27). The number of anilines is 1. The molecule has 3 heterocycles. The van der Waals surface area contributed by atoms with Crippen LogP contribution in [0.25, 0.3) is 11.0 Å². The third-order valence-electron chi connectivity index (χ3n) is 5.84. The number of para-hydroxylation sites is 2. The SMILES string of the molecule is COC(=O)C1=C(N)Oc2c(c(=O)oc3ccccc23)C12C(=O)N(CC(N)=O)c1ccccc12. The summed E-state index contributed by atoms with van der Waals surface area (Å²) in [5.41, 5.74) is 8.73. The molecule has 2 amide bonds. The number of carbonyl (C=O) groups is 3. The highest BCUT2D eigenvalue weighted by Gasteiger charge is 2.63. The fourth-order valence-electron chi connectivity index (χ4n) is 4.63. The molecule has 1 aromatic heterocycles. The van der Waals surface area contributed by atoms with Crippen LogP contribution >= 0.6 is 0 Å². The lowest BCUT2D eigenvalue weighted by atomic mass is 9.68. The molecule has 5 rings (SSSR count). The Bertz CT molecular complexity index is 1470. The van der Waals surface area contributed by atoms with E-state index in [1.165, 1.54) is 0 Å². The van der Waals surface area contributed by atoms with Crippen LogP contribution in [0.1, 0.15) is 11.1 Å². The highest BCUT2D eigenvalue weighted by molar-refractivity contribution is 6.20. The predicted octanol–water partition coefficient (Wildman–Crippen LogP) is 0.647. The molecule has 0 saturated carbocycles. The molecule has 0 fully saturated rings. The zero-order chi connectivity index (χ0) is 23.5. The second kappa shape index (κ2) is 6.95. The van der Waals surface area contributed by atoms with Gasteiger partial charge in [-0.25, -0.2) is 9.59 Å². The molecule has 3 aromatic rings. The number of nitrogens with two attached hydrogens (primary N) is 2. The Morgan fingerprint density at radius 1 is 1.09 bits per heavy atom. The fourth-order valence-corrected chi connectivity index (χ4v) is 4.63. The van der Waals surface area contributed by atoms with Gasteiger partial charge in [0, 0.05) is 11.3 Å². The third-order valence-corrected chi connectivity index (χ3v) is 5.84. The largest absolute Gasteiger partial charge is 0.465 e. The van der Waals surface area contributed by atoms with Crippen LogP contribution in [0.15, 0.2) is 69.2 Å². The van der Waals surface area contributed by atoms with E-state index in [0.29, 0.717) is 5.39 Å². The van der Waals surface area contributed by atoms with Crippen molar-refractivity contribution in [2.45, 2.75) is 5.41 Å². The van der Waals surface area contributed by atoms with Crippen molar-refractivity contribution in [1.82, 2.24) is 0 Å². The Hall–Kier alpha value is -4.60. The van der Waals surface area contributed by atoms with Crippen LogP contribution in [0.2, 0.25) is 0 Å². The first-order valence-corrected chi connectivity index (χ1v) is 9.84. The van der Waals surface area contributed by atoms with Crippen LogP contribution in [-0.2, 0) is 24.5 Å². The molecule has 0 aliphatic carbocycles. The molecule has 2 aliphatic heterocycles. The smallest absolute Gasteiger partial charge is 0.345 e. The molecule has 0 bridgehead atoms. The minimum absolute atomic E-state index is 0.0175. The van der Waals surface area contributed by atoms with Gasteiger partial charge in [0.05, 0.1) is 12.5 Å². The lowest BCUT2D eigenvalue weighted by molar-refractivity contribution is -0.138. The fraction of sp³-hybridized carbons (Fsp3) is 0.130. The number of methoxy groups -OCH3 is 1. The summed E-state index contributed by atoms with van der Waals surface area (Å²) < 4.78 is 16.2. The summed E-state index contributed by atoms with van der Waals surface area (Å²) in [5, 5.41) is 0.372. The lowest BCUT2D eigenvalue weighted by Gasteiger charge is -2.35. The number of fused-ring (bicyclic) bond motifs is 6. The van der Waals surface area contributed by atoms with Crippen LogP contribution in [-0.4, -0.2) is 31.4 Å². The number of hydrogen-bond acceptors (Lipinski definition) is 8. The first-order valence-electron chi connectivity index (χ1n) is 9.84. The van der Waals surface area contributed by atoms with E-state index in [4.69, 9.17) is 25.4 Å². The second-order valence-corrected chi connectivity index (χ2v) is 7.55. The molecular weight excluding hydrogens is 430 g/mol. The van der Waals surface area contributed by atoms with Crippen molar-refractivity contribution >= 4 is 34.4 Å². The van der Waals surface area contributed by atoms with Crippen LogP contribution in [0.4, 0.5) is 5.69 Å². The molecule has 0 saturated heterocycles. The van der Waals surface area contributed by atoms with Crippen LogP contribution < -0.4 is 26.7 Å². The first-order chi connectivity index (χ1) is 15.8. The number of amides is 2. The minimum Gasteiger partial charge on any atom is -0.465 e. The number of esters is 1. The molecule has 33 heavy (non-hydrogen) atoms. The molecule has 10 nitrogen and oxygen atoms in total. The Kier molecular flexibility index (Phi) is 4.28. The topological polar surface area (TPSA) is 155 Å². The summed E-state index contributed by atoms with van der Waals surface area (Å²) in [4.78, 5) is 53.3. The Labute approximate surface area is 186 Å². The summed E-state index contributed by atoms with van der Waals surface area (Å²) in [7, 11) is 1.11. The summed E-state index contributed by atoms with van der Waals surface area (Å²) in [6.07, 6.45) is 0. The number of primary amides is 1. The van der Waals surface area contributed by atoms with Crippen molar-refractivity contribution in [2.24, 2.45) is 11.5 Å². The zero-order valence-corrected chi connectivity index (χ0v) is 17.3. The van der Waals surface area contributed by atoms with Crippen LogP contribution in [0, 0.1) is 0 Å². The van der Waals surface area contributed by atoms with Gasteiger partial charge in [0.25, 0.3) is 0 Å². The Morgan fingerprint density at radius 3 is 2.52 bits per heavy atom. The van der Waals surface area contributed by atoms with E-state index < -0.39 is 41.3 Å². The normalized spacial score (nSPS) is 18.8. The molecular formula is C23H17N3O7. The van der Waals surface area contributed by atoms with Gasteiger partial charge >= 0.3 is 11.6 Å². The summed E-state index contributed by atoms with van der Waals surface area (Å²) in [6, 6.07) is 13.0. The lowest BCUT2D eigenvalue weighted by Crippen LogP contribution is -2.51. The Balaban J connectivity index is 1.98. The highest BCUT2D eigenvalue weighted by atomic mass is 16.5. The molecule has 0 radical (unpaired) electrons. The van der Waals surface area contributed by atoms with E-state index in [1.807, 2.05) is 0 Å². The maximum absolute atomic E-state index is 14.1. The van der Waals surface area contributed by atoms with Gasteiger partial charge in [0.15, 0.2) is 5.75 Å². The zero-order valence-electron chi connectivity index (χ0n) is 17.3. The van der Waals surface area contributed by atoms with Crippen molar-refractivity contribution in [3.8, 4) is 5.75 Å². The monoisotopic (exact) mass is 447 g/mol. The predicted molar refractivity (Wildman–Crippen MR) is 115 cm³/mol. The van der Waals surface area contributed by atoms with Crippen LogP contribution in [0.5, 0.6) is 5.75 Å². The maximum atomic E-state index is 14.1. The molecule has 2 aliphatic rings. The highest BCUT2D eigenvalue weighted by Crippen LogP contribution is 2.55. The number of benzene rings is 2. The van der Waals surface area contributed by atoms with E-state index in [2.05, 4.69) is 0 Å². The van der Waals surface area contributed by atoms with Gasteiger partial charge in [-0.1, -0.05) is 30.3 Å². The summed E-state index contributed by atoms with van der Waals surface area (Å²) in [5.74, 6) is -2.97. The van der Waals surface area contributed by atoms with Gasteiger partial charge in [0.2, 0.25) is 17.7 Å². The average molecular weight is 447 g/mol.